The Hall–Kier alpha value is -1.76. The van der Waals surface area contributed by atoms with Crippen molar-refractivity contribution < 1.29 is 4.74 Å². The van der Waals surface area contributed by atoms with E-state index in [0.717, 1.165) is 26.7 Å². The largest absolute Gasteiger partial charge is 0.462 e. The van der Waals surface area contributed by atoms with E-state index in [0.29, 0.717) is 12.6 Å². The van der Waals surface area contributed by atoms with Gasteiger partial charge in [-0.2, -0.15) is 9.97 Å². The highest BCUT2D eigenvalue weighted by molar-refractivity contribution is 7.14. The molecule has 0 saturated carbocycles. The second kappa shape index (κ2) is 6.56. The summed E-state index contributed by atoms with van der Waals surface area (Å²) in [6.45, 7) is 4.35. The molecule has 3 aromatic rings. The third kappa shape index (κ3) is 3.19. The lowest BCUT2D eigenvalue weighted by molar-refractivity contribution is 0.274. The Morgan fingerprint density at radius 3 is 2.05 bits per heavy atom. The Bertz CT molecular complexity index is 682. The topological polar surface area (TPSA) is 61.0 Å². The van der Waals surface area contributed by atoms with E-state index in [1.54, 1.807) is 22.7 Å². The third-order valence-corrected chi connectivity index (χ3v) is 4.86. The maximum atomic E-state index is 5.76. The van der Waals surface area contributed by atoms with Crippen LogP contribution in [0.2, 0.25) is 0 Å². The van der Waals surface area contributed by atoms with E-state index in [9.17, 15) is 0 Å². The Morgan fingerprint density at radius 1 is 1.09 bits per heavy atom. The van der Waals surface area contributed by atoms with Gasteiger partial charge < -0.3 is 10.5 Å². The van der Waals surface area contributed by atoms with E-state index in [1.807, 2.05) is 29.8 Å². The first kappa shape index (κ1) is 15.1. The van der Waals surface area contributed by atoms with E-state index < -0.39 is 0 Å². The van der Waals surface area contributed by atoms with Gasteiger partial charge in [0.1, 0.15) is 6.61 Å². The molecule has 3 heterocycles. The SMILES string of the molecule is Cc1c(-c2cccs2)nc(OCC(C)N)nc1-c1cccs1. The van der Waals surface area contributed by atoms with Crippen molar-refractivity contribution in [2.75, 3.05) is 6.61 Å². The van der Waals surface area contributed by atoms with Crippen LogP contribution in [0.5, 0.6) is 6.01 Å². The second-order valence-corrected chi connectivity index (χ2v) is 6.97. The highest BCUT2D eigenvalue weighted by atomic mass is 32.1. The summed E-state index contributed by atoms with van der Waals surface area (Å²) in [7, 11) is 0. The monoisotopic (exact) mass is 331 g/mol. The molecule has 0 fully saturated rings. The van der Waals surface area contributed by atoms with E-state index in [1.165, 1.54) is 0 Å². The average Bonchev–Trinajstić information content (AvgIpc) is 3.19. The molecule has 114 valence electrons. The standard InChI is InChI=1S/C16H17N3OS2/c1-10(17)9-20-16-18-14(12-5-3-7-21-12)11(2)15(19-16)13-6-4-8-22-13/h3-8,10H,9,17H2,1-2H3. The first-order valence-electron chi connectivity index (χ1n) is 7.00. The van der Waals surface area contributed by atoms with Crippen LogP contribution in [-0.2, 0) is 0 Å². The number of ether oxygens (including phenoxy) is 1. The fourth-order valence-electron chi connectivity index (χ4n) is 2.07. The van der Waals surface area contributed by atoms with Crippen LogP contribution in [0.4, 0.5) is 0 Å². The van der Waals surface area contributed by atoms with Crippen LogP contribution in [0, 0.1) is 6.92 Å². The van der Waals surface area contributed by atoms with Gasteiger partial charge in [0, 0.05) is 11.6 Å². The molecule has 3 aromatic heterocycles. The van der Waals surface area contributed by atoms with Gasteiger partial charge in [-0.05, 0) is 36.7 Å². The molecule has 0 aliphatic heterocycles. The Labute approximate surface area is 137 Å². The number of hydrogen-bond acceptors (Lipinski definition) is 6. The predicted octanol–water partition coefficient (Wildman–Crippen LogP) is 3.97. The van der Waals surface area contributed by atoms with Gasteiger partial charge in [-0.3, -0.25) is 0 Å². The summed E-state index contributed by atoms with van der Waals surface area (Å²) in [5, 5.41) is 4.09. The van der Waals surface area contributed by atoms with Crippen molar-refractivity contribution in [1.82, 2.24) is 9.97 Å². The van der Waals surface area contributed by atoms with Gasteiger partial charge in [-0.15, -0.1) is 22.7 Å². The number of aromatic nitrogens is 2. The fraction of sp³-hybridized carbons (Fsp3) is 0.250. The molecule has 1 unspecified atom stereocenters. The lowest BCUT2D eigenvalue weighted by Gasteiger charge is -2.12. The smallest absolute Gasteiger partial charge is 0.317 e. The molecule has 0 aliphatic rings. The van der Waals surface area contributed by atoms with Gasteiger partial charge in [-0.1, -0.05) is 12.1 Å². The first-order chi connectivity index (χ1) is 10.6. The van der Waals surface area contributed by atoms with E-state index >= 15 is 0 Å². The van der Waals surface area contributed by atoms with Crippen LogP contribution in [0.15, 0.2) is 35.0 Å². The van der Waals surface area contributed by atoms with E-state index in [2.05, 4.69) is 29.0 Å². The number of hydrogen-bond donors (Lipinski definition) is 1. The summed E-state index contributed by atoms with van der Waals surface area (Å²) >= 11 is 3.32. The second-order valence-electron chi connectivity index (χ2n) is 5.07. The minimum atomic E-state index is -0.0553. The molecule has 1 atom stereocenters. The van der Waals surface area contributed by atoms with Gasteiger partial charge in [-0.25, -0.2) is 0 Å². The summed E-state index contributed by atoms with van der Waals surface area (Å²) in [4.78, 5) is 11.4. The summed E-state index contributed by atoms with van der Waals surface area (Å²) in [5.41, 5.74) is 8.67. The van der Waals surface area contributed by atoms with Crippen molar-refractivity contribution in [2.45, 2.75) is 19.9 Å². The molecular formula is C16H17N3OS2. The fourth-order valence-corrected chi connectivity index (χ4v) is 3.62. The van der Waals surface area contributed by atoms with Crippen molar-refractivity contribution in [1.29, 1.82) is 0 Å². The maximum Gasteiger partial charge on any atom is 0.317 e. The van der Waals surface area contributed by atoms with Crippen LogP contribution in [0.1, 0.15) is 12.5 Å². The van der Waals surface area contributed by atoms with Crippen LogP contribution >= 0.6 is 22.7 Å². The van der Waals surface area contributed by atoms with Crippen LogP contribution in [0.25, 0.3) is 21.1 Å². The molecule has 0 aliphatic carbocycles. The van der Waals surface area contributed by atoms with Gasteiger partial charge >= 0.3 is 6.01 Å². The van der Waals surface area contributed by atoms with Crippen molar-refractivity contribution in [3.8, 4) is 27.2 Å². The molecule has 0 bridgehead atoms. The number of nitrogens with two attached hydrogens (primary N) is 1. The predicted molar refractivity (Wildman–Crippen MR) is 92.5 cm³/mol. The Balaban J connectivity index is 2.09. The van der Waals surface area contributed by atoms with E-state index in [-0.39, 0.29) is 6.04 Å². The molecular weight excluding hydrogens is 314 g/mol. The van der Waals surface area contributed by atoms with Crippen molar-refractivity contribution in [2.24, 2.45) is 5.73 Å². The molecule has 22 heavy (non-hydrogen) atoms. The van der Waals surface area contributed by atoms with Crippen LogP contribution in [0.3, 0.4) is 0 Å². The normalized spacial score (nSPS) is 12.3. The third-order valence-electron chi connectivity index (χ3n) is 3.11. The van der Waals surface area contributed by atoms with E-state index in [4.69, 9.17) is 10.5 Å². The van der Waals surface area contributed by atoms with Gasteiger partial charge in [0.15, 0.2) is 0 Å². The molecule has 0 spiro atoms. The molecule has 6 heteroatoms. The van der Waals surface area contributed by atoms with Crippen LogP contribution < -0.4 is 10.5 Å². The lowest BCUT2D eigenvalue weighted by Crippen LogP contribution is -2.24. The highest BCUT2D eigenvalue weighted by Gasteiger charge is 2.16. The summed E-state index contributed by atoms with van der Waals surface area (Å²) in [5.74, 6) is 0. The quantitative estimate of drug-likeness (QED) is 0.768. The molecule has 0 radical (unpaired) electrons. The van der Waals surface area contributed by atoms with Gasteiger partial charge in [0.05, 0.1) is 21.1 Å². The average molecular weight is 331 g/mol. The lowest BCUT2D eigenvalue weighted by atomic mass is 10.1. The first-order valence-corrected chi connectivity index (χ1v) is 8.76. The number of nitrogens with zero attached hydrogens (tertiary/aromatic N) is 2. The molecule has 0 saturated heterocycles. The summed E-state index contributed by atoms with van der Waals surface area (Å²) in [6, 6.07) is 8.50. The molecule has 0 amide bonds. The zero-order chi connectivity index (χ0) is 15.5. The van der Waals surface area contributed by atoms with Crippen molar-refractivity contribution >= 4 is 22.7 Å². The van der Waals surface area contributed by atoms with Crippen molar-refractivity contribution in [3.63, 3.8) is 0 Å². The zero-order valence-corrected chi connectivity index (χ0v) is 14.1. The Kier molecular flexibility index (Phi) is 4.52. The number of thiophene rings is 2. The maximum absolute atomic E-state index is 5.76. The summed E-state index contributed by atoms with van der Waals surface area (Å²) in [6.07, 6.45) is 0. The molecule has 0 aromatic carbocycles. The summed E-state index contributed by atoms with van der Waals surface area (Å²) < 4.78 is 5.66. The van der Waals surface area contributed by atoms with Crippen LogP contribution in [-0.4, -0.2) is 22.6 Å². The molecule has 3 rings (SSSR count). The minimum absolute atomic E-state index is 0.0553. The minimum Gasteiger partial charge on any atom is -0.462 e. The highest BCUT2D eigenvalue weighted by Crippen LogP contribution is 2.34. The van der Waals surface area contributed by atoms with Gasteiger partial charge in [0.25, 0.3) is 0 Å². The zero-order valence-electron chi connectivity index (χ0n) is 12.4. The molecule has 4 nitrogen and oxygen atoms in total. The molecule has 2 N–H and O–H groups in total. The Morgan fingerprint density at radius 2 is 1.64 bits per heavy atom. The van der Waals surface area contributed by atoms with Gasteiger partial charge in [0.2, 0.25) is 0 Å². The van der Waals surface area contributed by atoms with Crippen molar-refractivity contribution in [3.05, 3.63) is 40.6 Å². The number of rotatable bonds is 5.